The summed E-state index contributed by atoms with van der Waals surface area (Å²) in [4.78, 5) is 33.1. The van der Waals surface area contributed by atoms with Crippen molar-refractivity contribution in [1.82, 2.24) is 15.2 Å². The zero-order valence-electron chi connectivity index (χ0n) is 18.4. The van der Waals surface area contributed by atoms with Crippen LogP contribution in [-0.2, 0) is 11.3 Å². The first-order valence-corrected chi connectivity index (χ1v) is 11.1. The fraction of sp³-hybridized carbons (Fsp3) is 0.269. The number of nitrogens with zero attached hydrogens (tertiary/aromatic N) is 2. The number of nitrogens with one attached hydrogen (secondary N) is 1. The molecule has 168 valence electrons. The van der Waals surface area contributed by atoms with Gasteiger partial charge < -0.3 is 19.7 Å². The van der Waals surface area contributed by atoms with E-state index in [4.69, 9.17) is 9.47 Å². The zero-order valence-corrected chi connectivity index (χ0v) is 18.4. The predicted octanol–water partition coefficient (Wildman–Crippen LogP) is 3.82. The molecule has 0 fully saturated rings. The van der Waals surface area contributed by atoms with Crippen LogP contribution in [0.4, 0.5) is 0 Å². The number of rotatable bonds is 6. The SMILES string of the molecule is CCCN1C(=O)c2ccccc2[C@@H](C(=O)NCc2cccnc2)[C@H]1c1ccc2c(c1)OCO2. The molecule has 7 heteroatoms. The molecule has 0 radical (unpaired) electrons. The maximum absolute atomic E-state index is 13.7. The van der Waals surface area contributed by atoms with Gasteiger partial charge >= 0.3 is 0 Å². The number of pyridine rings is 1. The van der Waals surface area contributed by atoms with Gasteiger partial charge in [-0.05, 0) is 47.4 Å². The fourth-order valence-electron chi connectivity index (χ4n) is 4.63. The van der Waals surface area contributed by atoms with Crippen molar-refractivity contribution in [3.05, 3.63) is 89.2 Å². The number of ether oxygens (including phenoxy) is 2. The molecule has 0 bridgehead atoms. The van der Waals surface area contributed by atoms with Crippen LogP contribution in [0.2, 0.25) is 0 Å². The molecule has 33 heavy (non-hydrogen) atoms. The van der Waals surface area contributed by atoms with Gasteiger partial charge in [-0.2, -0.15) is 0 Å². The minimum Gasteiger partial charge on any atom is -0.454 e. The minimum absolute atomic E-state index is 0.0635. The Balaban J connectivity index is 1.57. The largest absolute Gasteiger partial charge is 0.454 e. The van der Waals surface area contributed by atoms with Gasteiger partial charge in [0, 0.05) is 31.0 Å². The smallest absolute Gasteiger partial charge is 0.254 e. The zero-order chi connectivity index (χ0) is 22.8. The Labute approximate surface area is 192 Å². The fourth-order valence-corrected chi connectivity index (χ4v) is 4.63. The second-order valence-electron chi connectivity index (χ2n) is 8.20. The van der Waals surface area contributed by atoms with Crippen molar-refractivity contribution >= 4 is 11.8 Å². The summed E-state index contributed by atoms with van der Waals surface area (Å²) in [6.07, 6.45) is 4.21. The highest BCUT2D eigenvalue weighted by Crippen LogP contribution is 2.45. The van der Waals surface area contributed by atoms with E-state index in [1.165, 1.54) is 0 Å². The first kappa shape index (κ1) is 21.0. The summed E-state index contributed by atoms with van der Waals surface area (Å²) in [6, 6.07) is 16.3. The van der Waals surface area contributed by atoms with Gasteiger partial charge in [-0.1, -0.05) is 37.3 Å². The van der Waals surface area contributed by atoms with Gasteiger partial charge in [0.25, 0.3) is 5.91 Å². The van der Waals surface area contributed by atoms with E-state index in [1.807, 2.05) is 60.4 Å². The van der Waals surface area contributed by atoms with Crippen LogP contribution in [0.5, 0.6) is 11.5 Å². The Morgan fingerprint density at radius 1 is 1.12 bits per heavy atom. The third-order valence-corrected chi connectivity index (χ3v) is 6.11. The lowest BCUT2D eigenvalue weighted by atomic mass is 9.79. The lowest BCUT2D eigenvalue weighted by Gasteiger charge is -2.41. The first-order valence-electron chi connectivity index (χ1n) is 11.1. The molecule has 1 aromatic heterocycles. The number of amides is 2. The van der Waals surface area contributed by atoms with Gasteiger partial charge in [0.15, 0.2) is 11.5 Å². The molecule has 0 unspecified atom stereocenters. The maximum atomic E-state index is 13.7. The van der Waals surface area contributed by atoms with Crippen molar-refractivity contribution in [3.63, 3.8) is 0 Å². The minimum atomic E-state index is -0.567. The Morgan fingerprint density at radius 2 is 1.97 bits per heavy atom. The highest BCUT2D eigenvalue weighted by atomic mass is 16.7. The topological polar surface area (TPSA) is 80.8 Å². The van der Waals surface area contributed by atoms with E-state index in [9.17, 15) is 9.59 Å². The molecule has 0 saturated heterocycles. The summed E-state index contributed by atoms with van der Waals surface area (Å²) in [5, 5.41) is 3.07. The molecule has 2 aliphatic heterocycles. The number of fused-ring (bicyclic) bond motifs is 2. The standard InChI is InChI=1S/C26H25N3O4/c1-2-12-29-24(18-9-10-21-22(13-18)33-16-32-21)23(19-7-3-4-8-20(19)26(29)31)25(30)28-15-17-6-5-11-27-14-17/h3-11,13-14,23-24H,2,12,15-16H2,1H3,(H,28,30)/t23-,24-/m1/s1. The van der Waals surface area contributed by atoms with Gasteiger partial charge in [0.1, 0.15) is 0 Å². The molecular weight excluding hydrogens is 418 g/mol. The van der Waals surface area contributed by atoms with E-state index in [1.54, 1.807) is 18.5 Å². The van der Waals surface area contributed by atoms with Gasteiger partial charge in [-0.15, -0.1) is 0 Å². The van der Waals surface area contributed by atoms with E-state index in [2.05, 4.69) is 10.3 Å². The molecule has 2 aromatic carbocycles. The number of aromatic nitrogens is 1. The molecule has 7 nitrogen and oxygen atoms in total. The first-order chi connectivity index (χ1) is 16.2. The second-order valence-corrected chi connectivity index (χ2v) is 8.20. The molecular formula is C26H25N3O4. The molecule has 0 spiro atoms. The van der Waals surface area contributed by atoms with Crippen LogP contribution in [-0.4, -0.2) is 35.0 Å². The molecule has 0 aliphatic carbocycles. The molecule has 5 rings (SSSR count). The van der Waals surface area contributed by atoms with Crippen LogP contribution < -0.4 is 14.8 Å². The van der Waals surface area contributed by atoms with Crippen LogP contribution in [0.25, 0.3) is 0 Å². The summed E-state index contributed by atoms with van der Waals surface area (Å²) >= 11 is 0. The second kappa shape index (κ2) is 8.94. The molecule has 2 aliphatic rings. The predicted molar refractivity (Wildman–Crippen MR) is 122 cm³/mol. The Hall–Kier alpha value is -3.87. The number of hydrogen-bond acceptors (Lipinski definition) is 5. The number of hydrogen-bond donors (Lipinski definition) is 1. The summed E-state index contributed by atoms with van der Waals surface area (Å²) in [5.41, 5.74) is 3.07. The average molecular weight is 444 g/mol. The lowest BCUT2D eigenvalue weighted by Crippen LogP contribution is -2.47. The van der Waals surface area contributed by atoms with Crippen molar-refractivity contribution in [2.45, 2.75) is 31.8 Å². The lowest BCUT2D eigenvalue weighted by molar-refractivity contribution is -0.124. The summed E-state index contributed by atoms with van der Waals surface area (Å²) in [6.45, 7) is 3.10. The highest BCUT2D eigenvalue weighted by Gasteiger charge is 2.44. The molecule has 1 N–H and O–H groups in total. The van der Waals surface area contributed by atoms with Crippen molar-refractivity contribution in [2.24, 2.45) is 0 Å². The van der Waals surface area contributed by atoms with Gasteiger partial charge in [0.2, 0.25) is 12.7 Å². The Bertz CT molecular complexity index is 1180. The normalized spacial score (nSPS) is 18.7. The van der Waals surface area contributed by atoms with E-state index >= 15 is 0 Å². The van der Waals surface area contributed by atoms with Crippen LogP contribution in [0.1, 0.15) is 52.4 Å². The molecule has 2 atom stereocenters. The van der Waals surface area contributed by atoms with Gasteiger partial charge in [-0.25, -0.2) is 0 Å². The van der Waals surface area contributed by atoms with Crippen LogP contribution >= 0.6 is 0 Å². The number of benzene rings is 2. The van der Waals surface area contributed by atoms with E-state index in [0.29, 0.717) is 30.2 Å². The Morgan fingerprint density at radius 3 is 2.79 bits per heavy atom. The number of carbonyl (C=O) groups excluding carboxylic acids is 2. The van der Waals surface area contributed by atoms with Crippen molar-refractivity contribution in [2.75, 3.05) is 13.3 Å². The van der Waals surface area contributed by atoms with Crippen molar-refractivity contribution in [3.8, 4) is 11.5 Å². The molecule has 2 amide bonds. The van der Waals surface area contributed by atoms with Crippen LogP contribution in [0.15, 0.2) is 67.0 Å². The summed E-state index contributed by atoms with van der Waals surface area (Å²) in [7, 11) is 0. The van der Waals surface area contributed by atoms with Crippen LogP contribution in [0.3, 0.4) is 0 Å². The van der Waals surface area contributed by atoms with Gasteiger partial charge in [0.05, 0.1) is 12.0 Å². The third kappa shape index (κ3) is 3.91. The van der Waals surface area contributed by atoms with E-state index in [-0.39, 0.29) is 18.6 Å². The van der Waals surface area contributed by atoms with Gasteiger partial charge in [-0.3, -0.25) is 14.6 Å². The van der Waals surface area contributed by atoms with Crippen molar-refractivity contribution in [1.29, 1.82) is 0 Å². The van der Waals surface area contributed by atoms with Crippen molar-refractivity contribution < 1.29 is 19.1 Å². The highest BCUT2D eigenvalue weighted by molar-refractivity contribution is 6.01. The molecule has 3 heterocycles. The van der Waals surface area contributed by atoms with Crippen LogP contribution in [0, 0.1) is 0 Å². The number of carbonyl (C=O) groups is 2. The maximum Gasteiger partial charge on any atom is 0.254 e. The van der Waals surface area contributed by atoms with E-state index < -0.39 is 12.0 Å². The third-order valence-electron chi connectivity index (χ3n) is 6.11. The summed E-state index contributed by atoms with van der Waals surface area (Å²) < 4.78 is 11.1. The monoisotopic (exact) mass is 443 g/mol. The van der Waals surface area contributed by atoms with E-state index in [0.717, 1.165) is 23.1 Å². The molecule has 0 saturated carbocycles. The quantitative estimate of drug-likeness (QED) is 0.627. The summed E-state index contributed by atoms with van der Waals surface area (Å²) in [5.74, 6) is 0.530. The molecule has 3 aromatic rings. The Kier molecular flexibility index (Phi) is 5.69. The average Bonchev–Trinajstić information content (AvgIpc) is 3.33.